The number of aryl methyl sites for hydroxylation is 1. The topological polar surface area (TPSA) is 32.7 Å². The molecule has 0 spiro atoms. The summed E-state index contributed by atoms with van der Waals surface area (Å²) in [5.41, 5.74) is 6.50. The molecule has 3 aromatic rings. The molecule has 0 amide bonds. The number of ether oxygens (including phenoxy) is 1. The first-order valence-electron chi connectivity index (χ1n) is 13.0. The zero-order valence-electron chi connectivity index (χ0n) is 21.1. The standard InChI is InChI=1S/C31H32ClF2NO2.CH4/c1-20-18-22(8-12-28(20)32)25-4-2-5-27-26(11-13-29(36)31(27)34)30(25)21-6-9-23(10-7-21)37-24-14-17-35(19-24)16-3-15-33;/h6-13,18,24,36H,2-5,14-17,19H2,1H3;1H4/t24-;/m0./s1. The molecular weight excluding hydrogens is 504 g/mol. The van der Waals surface area contributed by atoms with Crippen LogP contribution in [-0.2, 0) is 6.42 Å². The number of rotatable bonds is 7. The highest BCUT2D eigenvalue weighted by Gasteiger charge is 2.25. The summed E-state index contributed by atoms with van der Waals surface area (Å²) in [6.45, 7) is 4.20. The number of likely N-dealkylation sites (tertiary alicyclic amines) is 1. The summed E-state index contributed by atoms with van der Waals surface area (Å²) in [6, 6.07) is 17.3. The van der Waals surface area contributed by atoms with E-state index in [1.807, 2.05) is 49.4 Å². The second kappa shape index (κ2) is 12.3. The maximum absolute atomic E-state index is 15.1. The van der Waals surface area contributed by atoms with Crippen LogP contribution in [0, 0.1) is 12.7 Å². The minimum Gasteiger partial charge on any atom is -0.505 e. The van der Waals surface area contributed by atoms with Crippen LogP contribution in [0.15, 0.2) is 54.6 Å². The molecule has 0 saturated carbocycles. The van der Waals surface area contributed by atoms with Gasteiger partial charge in [-0.3, -0.25) is 9.29 Å². The summed E-state index contributed by atoms with van der Waals surface area (Å²) >= 11 is 6.32. The van der Waals surface area contributed by atoms with Crippen molar-refractivity contribution in [3.63, 3.8) is 0 Å². The van der Waals surface area contributed by atoms with Gasteiger partial charge in [-0.1, -0.05) is 49.4 Å². The van der Waals surface area contributed by atoms with Gasteiger partial charge in [0.1, 0.15) is 11.9 Å². The number of aromatic hydroxyl groups is 1. The number of allylic oxidation sites excluding steroid dienone is 1. The minimum atomic E-state index is -0.540. The van der Waals surface area contributed by atoms with E-state index >= 15 is 4.39 Å². The van der Waals surface area contributed by atoms with Gasteiger partial charge in [-0.25, -0.2) is 4.39 Å². The molecule has 1 aliphatic heterocycles. The molecule has 2 aliphatic rings. The van der Waals surface area contributed by atoms with Crippen LogP contribution < -0.4 is 4.74 Å². The van der Waals surface area contributed by atoms with Crippen LogP contribution in [0.4, 0.5) is 8.78 Å². The third kappa shape index (κ3) is 5.89. The van der Waals surface area contributed by atoms with Gasteiger partial charge >= 0.3 is 0 Å². The molecule has 3 aromatic carbocycles. The van der Waals surface area contributed by atoms with Crippen molar-refractivity contribution in [3.8, 4) is 11.5 Å². The maximum atomic E-state index is 15.1. The van der Waals surface area contributed by atoms with Gasteiger partial charge in [-0.2, -0.15) is 0 Å². The first-order chi connectivity index (χ1) is 17.9. The van der Waals surface area contributed by atoms with Crippen LogP contribution >= 0.6 is 11.6 Å². The Morgan fingerprint density at radius 3 is 2.55 bits per heavy atom. The molecule has 5 rings (SSSR count). The summed E-state index contributed by atoms with van der Waals surface area (Å²) in [5, 5.41) is 10.8. The third-order valence-electron chi connectivity index (χ3n) is 7.44. The van der Waals surface area contributed by atoms with Crippen molar-refractivity contribution in [2.75, 3.05) is 26.3 Å². The van der Waals surface area contributed by atoms with Gasteiger partial charge in [0.15, 0.2) is 11.6 Å². The highest BCUT2D eigenvalue weighted by Crippen LogP contribution is 2.42. The fourth-order valence-electron chi connectivity index (χ4n) is 5.54. The van der Waals surface area contributed by atoms with Crippen molar-refractivity contribution in [2.45, 2.75) is 52.6 Å². The van der Waals surface area contributed by atoms with Crippen LogP contribution in [0.1, 0.15) is 60.9 Å². The lowest BCUT2D eigenvalue weighted by molar-refractivity contribution is 0.198. The molecule has 0 aromatic heterocycles. The molecule has 3 nitrogen and oxygen atoms in total. The van der Waals surface area contributed by atoms with E-state index < -0.39 is 5.82 Å². The smallest absolute Gasteiger partial charge is 0.168 e. The number of phenols is 1. The van der Waals surface area contributed by atoms with Gasteiger partial charge in [0, 0.05) is 24.7 Å². The van der Waals surface area contributed by atoms with E-state index in [2.05, 4.69) is 11.0 Å². The van der Waals surface area contributed by atoms with Gasteiger partial charge in [-0.05, 0) is 102 Å². The Morgan fingerprint density at radius 1 is 1.05 bits per heavy atom. The average Bonchev–Trinajstić information content (AvgIpc) is 3.25. The van der Waals surface area contributed by atoms with Gasteiger partial charge in [0.2, 0.25) is 0 Å². The number of hydrogen-bond donors (Lipinski definition) is 1. The van der Waals surface area contributed by atoms with E-state index in [-0.39, 0.29) is 26.0 Å². The molecule has 202 valence electrons. The zero-order valence-corrected chi connectivity index (χ0v) is 21.8. The number of benzene rings is 3. The van der Waals surface area contributed by atoms with E-state index in [0.29, 0.717) is 23.4 Å². The number of alkyl halides is 1. The van der Waals surface area contributed by atoms with Crippen LogP contribution in [-0.4, -0.2) is 42.4 Å². The van der Waals surface area contributed by atoms with Crippen molar-refractivity contribution < 1.29 is 18.6 Å². The van der Waals surface area contributed by atoms with Crippen molar-refractivity contribution in [3.05, 3.63) is 93.3 Å². The largest absolute Gasteiger partial charge is 0.505 e. The van der Waals surface area contributed by atoms with Crippen molar-refractivity contribution in [1.82, 2.24) is 4.90 Å². The van der Waals surface area contributed by atoms with E-state index in [0.717, 1.165) is 78.0 Å². The highest BCUT2D eigenvalue weighted by atomic mass is 35.5. The lowest BCUT2D eigenvalue weighted by atomic mass is 9.87. The first-order valence-corrected chi connectivity index (χ1v) is 13.4. The fraction of sp³-hybridized carbons (Fsp3) is 0.375. The Morgan fingerprint density at radius 2 is 1.82 bits per heavy atom. The molecule has 1 N–H and O–H groups in total. The molecule has 1 heterocycles. The van der Waals surface area contributed by atoms with E-state index in [1.54, 1.807) is 0 Å². The van der Waals surface area contributed by atoms with Crippen molar-refractivity contribution in [1.29, 1.82) is 0 Å². The van der Waals surface area contributed by atoms with Crippen LogP contribution in [0.2, 0.25) is 5.02 Å². The van der Waals surface area contributed by atoms with Crippen LogP contribution in [0.25, 0.3) is 11.1 Å². The van der Waals surface area contributed by atoms with E-state index in [1.165, 1.54) is 6.07 Å². The third-order valence-corrected chi connectivity index (χ3v) is 7.86. The normalized spacial score (nSPS) is 17.6. The van der Waals surface area contributed by atoms with E-state index in [9.17, 15) is 9.50 Å². The van der Waals surface area contributed by atoms with Gasteiger partial charge in [0.25, 0.3) is 0 Å². The number of hydrogen-bond acceptors (Lipinski definition) is 3. The SMILES string of the molecule is C.Cc1cc(C2=C(c3ccc(O[C@H]4CCN(CCCF)C4)cc3)c3ccc(O)c(F)c3CCC2)ccc1Cl. The Bertz CT molecular complexity index is 1310. The number of phenolic OH excluding ortho intramolecular Hbond substituents is 1. The molecule has 1 saturated heterocycles. The second-order valence-electron chi connectivity index (χ2n) is 9.99. The van der Waals surface area contributed by atoms with Gasteiger partial charge in [-0.15, -0.1) is 0 Å². The van der Waals surface area contributed by atoms with Gasteiger partial charge in [0.05, 0.1) is 6.67 Å². The summed E-state index contributed by atoms with van der Waals surface area (Å²) in [5.74, 6) is -0.0666. The summed E-state index contributed by atoms with van der Waals surface area (Å²) in [6.07, 6.45) is 3.68. The van der Waals surface area contributed by atoms with Crippen LogP contribution in [0.5, 0.6) is 11.5 Å². The lowest BCUT2D eigenvalue weighted by Crippen LogP contribution is -2.26. The molecule has 1 fully saturated rings. The average molecular weight is 540 g/mol. The molecule has 38 heavy (non-hydrogen) atoms. The Balaban J connectivity index is 0.00000336. The van der Waals surface area contributed by atoms with E-state index in [4.69, 9.17) is 16.3 Å². The Hall–Kier alpha value is -2.89. The minimum absolute atomic E-state index is 0. The molecule has 0 radical (unpaired) electrons. The zero-order chi connectivity index (χ0) is 25.9. The molecule has 0 unspecified atom stereocenters. The van der Waals surface area contributed by atoms with Crippen LogP contribution in [0.3, 0.4) is 0 Å². The molecule has 1 atom stereocenters. The van der Waals surface area contributed by atoms with Crippen molar-refractivity contribution in [2.24, 2.45) is 0 Å². The second-order valence-corrected chi connectivity index (χ2v) is 10.4. The monoisotopic (exact) mass is 539 g/mol. The quantitative estimate of drug-likeness (QED) is 0.328. The first kappa shape index (κ1) is 28.1. The lowest BCUT2D eigenvalue weighted by Gasteiger charge is -2.19. The highest BCUT2D eigenvalue weighted by molar-refractivity contribution is 6.31. The number of nitrogens with zero attached hydrogens (tertiary/aromatic N) is 1. The molecule has 6 heteroatoms. The Kier molecular flexibility index (Phi) is 9.11. The summed E-state index contributed by atoms with van der Waals surface area (Å²) < 4.78 is 33.8. The maximum Gasteiger partial charge on any atom is 0.168 e. The van der Waals surface area contributed by atoms with Gasteiger partial charge < -0.3 is 9.84 Å². The summed E-state index contributed by atoms with van der Waals surface area (Å²) in [4.78, 5) is 2.25. The number of fused-ring (bicyclic) bond motifs is 1. The Labute approximate surface area is 229 Å². The van der Waals surface area contributed by atoms with Crippen molar-refractivity contribution >= 4 is 22.7 Å². The predicted molar refractivity (Wildman–Crippen MR) is 152 cm³/mol. The molecular formula is C32H36ClF2NO2. The molecule has 0 bridgehead atoms. The molecule has 1 aliphatic carbocycles. The number of halogens is 3. The predicted octanol–water partition coefficient (Wildman–Crippen LogP) is 8.24. The summed E-state index contributed by atoms with van der Waals surface area (Å²) in [7, 11) is 0. The fourth-order valence-corrected chi connectivity index (χ4v) is 5.66.